The molecule has 0 atom stereocenters. The minimum atomic E-state index is -0.283. The van der Waals surface area contributed by atoms with E-state index in [4.69, 9.17) is 9.47 Å². The molecular formula is C20H18N4O3. The van der Waals surface area contributed by atoms with Gasteiger partial charge in [0.25, 0.3) is 5.91 Å². The molecule has 7 nitrogen and oxygen atoms in total. The average Bonchev–Trinajstić information content (AvgIpc) is 3.20. The zero-order valence-corrected chi connectivity index (χ0v) is 14.8. The molecule has 3 aromatic rings. The van der Waals surface area contributed by atoms with Crippen LogP contribution in [0.1, 0.15) is 16.1 Å². The smallest absolute Gasteiger partial charge is 0.271 e. The van der Waals surface area contributed by atoms with Crippen molar-refractivity contribution >= 4 is 17.4 Å². The third kappa shape index (κ3) is 3.67. The van der Waals surface area contributed by atoms with Crippen molar-refractivity contribution < 1.29 is 14.3 Å². The zero-order valence-electron chi connectivity index (χ0n) is 14.8. The van der Waals surface area contributed by atoms with E-state index < -0.39 is 0 Å². The van der Waals surface area contributed by atoms with Crippen molar-refractivity contribution in [1.82, 2.24) is 15.3 Å². The molecule has 2 heterocycles. The first-order valence-electron chi connectivity index (χ1n) is 8.48. The SMILES string of the molecule is CN(c1ccccc1)c1cnc(C(=O)NCc2ccc3c(c2)OCO3)cn1. The summed E-state index contributed by atoms with van der Waals surface area (Å²) in [5, 5.41) is 2.84. The summed E-state index contributed by atoms with van der Waals surface area (Å²) in [6, 6.07) is 15.4. The van der Waals surface area contributed by atoms with Crippen molar-refractivity contribution in [2.75, 3.05) is 18.7 Å². The highest BCUT2D eigenvalue weighted by Crippen LogP contribution is 2.32. The van der Waals surface area contributed by atoms with Gasteiger partial charge in [-0.1, -0.05) is 24.3 Å². The summed E-state index contributed by atoms with van der Waals surface area (Å²) < 4.78 is 10.6. The average molecular weight is 362 g/mol. The predicted molar refractivity (Wildman–Crippen MR) is 100 cm³/mol. The largest absolute Gasteiger partial charge is 0.454 e. The maximum Gasteiger partial charge on any atom is 0.271 e. The van der Waals surface area contributed by atoms with E-state index >= 15 is 0 Å². The molecule has 0 saturated heterocycles. The Kier molecular flexibility index (Phi) is 4.57. The number of ether oxygens (including phenoxy) is 2. The fraction of sp³-hybridized carbons (Fsp3) is 0.150. The van der Waals surface area contributed by atoms with Gasteiger partial charge in [0.05, 0.1) is 12.4 Å². The van der Waals surface area contributed by atoms with Gasteiger partial charge in [-0.25, -0.2) is 9.97 Å². The van der Waals surface area contributed by atoms with Crippen LogP contribution in [0.3, 0.4) is 0 Å². The van der Waals surface area contributed by atoms with Crippen LogP contribution in [0, 0.1) is 0 Å². The number of anilines is 2. The fourth-order valence-corrected chi connectivity index (χ4v) is 2.72. The van der Waals surface area contributed by atoms with E-state index in [1.54, 1.807) is 6.20 Å². The summed E-state index contributed by atoms with van der Waals surface area (Å²) in [6.45, 7) is 0.591. The lowest BCUT2D eigenvalue weighted by Crippen LogP contribution is -2.24. The molecule has 4 rings (SSSR count). The molecule has 0 unspecified atom stereocenters. The van der Waals surface area contributed by atoms with Gasteiger partial charge in [-0.2, -0.15) is 0 Å². The number of fused-ring (bicyclic) bond motifs is 1. The Balaban J connectivity index is 1.39. The lowest BCUT2D eigenvalue weighted by atomic mass is 10.2. The van der Waals surface area contributed by atoms with Gasteiger partial charge in [0.15, 0.2) is 17.3 Å². The number of hydrogen-bond acceptors (Lipinski definition) is 6. The molecule has 136 valence electrons. The normalized spacial score (nSPS) is 11.9. The van der Waals surface area contributed by atoms with E-state index in [9.17, 15) is 4.79 Å². The van der Waals surface area contributed by atoms with Crippen LogP contribution in [0.2, 0.25) is 0 Å². The molecular weight excluding hydrogens is 344 g/mol. The standard InChI is InChI=1S/C20H18N4O3/c1-24(15-5-3-2-4-6-15)19-12-21-16(11-22-19)20(25)23-10-14-7-8-17-18(9-14)27-13-26-17/h2-9,11-12H,10,13H2,1H3,(H,23,25). The quantitative estimate of drug-likeness (QED) is 0.752. The Morgan fingerprint density at radius 1 is 1.07 bits per heavy atom. The number of nitrogens with zero attached hydrogens (tertiary/aromatic N) is 3. The van der Waals surface area contributed by atoms with Crippen LogP contribution in [-0.4, -0.2) is 29.7 Å². The Morgan fingerprint density at radius 2 is 1.89 bits per heavy atom. The van der Waals surface area contributed by atoms with E-state index in [0.717, 1.165) is 11.3 Å². The van der Waals surface area contributed by atoms with Crippen molar-refractivity contribution in [2.45, 2.75) is 6.54 Å². The van der Waals surface area contributed by atoms with Crippen LogP contribution in [0.5, 0.6) is 11.5 Å². The molecule has 0 bridgehead atoms. The van der Waals surface area contributed by atoms with Crippen molar-refractivity contribution in [1.29, 1.82) is 0 Å². The minimum absolute atomic E-state index is 0.227. The molecule has 1 aliphatic rings. The number of hydrogen-bond donors (Lipinski definition) is 1. The van der Waals surface area contributed by atoms with Gasteiger partial charge in [-0.05, 0) is 29.8 Å². The van der Waals surface area contributed by atoms with E-state index in [-0.39, 0.29) is 18.4 Å². The first-order valence-corrected chi connectivity index (χ1v) is 8.48. The zero-order chi connectivity index (χ0) is 18.6. The highest BCUT2D eigenvalue weighted by molar-refractivity contribution is 5.92. The van der Waals surface area contributed by atoms with Gasteiger partial charge in [0, 0.05) is 19.3 Å². The van der Waals surface area contributed by atoms with Gasteiger partial charge < -0.3 is 19.7 Å². The second-order valence-electron chi connectivity index (χ2n) is 6.02. The molecule has 0 aliphatic carbocycles. The lowest BCUT2D eigenvalue weighted by molar-refractivity contribution is 0.0945. The van der Waals surface area contributed by atoms with Crippen LogP contribution in [-0.2, 0) is 6.54 Å². The molecule has 2 aromatic carbocycles. The molecule has 1 aliphatic heterocycles. The molecule has 0 fully saturated rings. The number of carbonyl (C=O) groups is 1. The third-order valence-electron chi connectivity index (χ3n) is 4.25. The monoisotopic (exact) mass is 362 g/mol. The van der Waals surface area contributed by atoms with Crippen molar-refractivity contribution in [3.63, 3.8) is 0 Å². The first kappa shape index (κ1) is 16.8. The van der Waals surface area contributed by atoms with E-state index in [0.29, 0.717) is 23.9 Å². The van der Waals surface area contributed by atoms with Gasteiger partial charge in [0.1, 0.15) is 5.69 Å². The minimum Gasteiger partial charge on any atom is -0.454 e. The molecule has 0 radical (unpaired) electrons. The van der Waals surface area contributed by atoms with E-state index in [1.165, 1.54) is 6.20 Å². The number of aromatic nitrogens is 2. The number of rotatable bonds is 5. The summed E-state index contributed by atoms with van der Waals surface area (Å²) in [7, 11) is 1.90. The number of amides is 1. The van der Waals surface area contributed by atoms with Crippen LogP contribution in [0.4, 0.5) is 11.5 Å². The maximum absolute atomic E-state index is 12.3. The van der Waals surface area contributed by atoms with Crippen LogP contribution < -0.4 is 19.7 Å². The molecule has 0 spiro atoms. The molecule has 7 heteroatoms. The van der Waals surface area contributed by atoms with Gasteiger partial charge >= 0.3 is 0 Å². The highest BCUT2D eigenvalue weighted by Gasteiger charge is 2.14. The third-order valence-corrected chi connectivity index (χ3v) is 4.25. The Hall–Kier alpha value is -3.61. The van der Waals surface area contributed by atoms with Crippen molar-refractivity contribution in [3.05, 3.63) is 72.2 Å². The second kappa shape index (κ2) is 7.33. The fourth-order valence-electron chi connectivity index (χ4n) is 2.72. The van der Waals surface area contributed by atoms with Crippen LogP contribution >= 0.6 is 0 Å². The summed E-state index contributed by atoms with van der Waals surface area (Å²) in [6.07, 6.45) is 3.06. The number of nitrogens with one attached hydrogen (secondary N) is 1. The van der Waals surface area contributed by atoms with Gasteiger partial charge in [-0.3, -0.25) is 4.79 Å². The maximum atomic E-state index is 12.3. The summed E-state index contributed by atoms with van der Waals surface area (Å²) >= 11 is 0. The Morgan fingerprint density at radius 3 is 2.67 bits per heavy atom. The molecule has 0 saturated carbocycles. The molecule has 1 amide bonds. The number of para-hydroxylation sites is 1. The van der Waals surface area contributed by atoms with Crippen LogP contribution in [0.15, 0.2) is 60.9 Å². The van der Waals surface area contributed by atoms with Gasteiger partial charge in [0.2, 0.25) is 6.79 Å². The van der Waals surface area contributed by atoms with Crippen molar-refractivity contribution in [3.8, 4) is 11.5 Å². The summed E-state index contributed by atoms with van der Waals surface area (Å²) in [4.78, 5) is 22.8. The molecule has 1 aromatic heterocycles. The van der Waals surface area contributed by atoms with E-state index in [2.05, 4.69) is 15.3 Å². The van der Waals surface area contributed by atoms with Gasteiger partial charge in [-0.15, -0.1) is 0 Å². The summed E-state index contributed by atoms with van der Waals surface area (Å²) in [5.74, 6) is 1.78. The predicted octanol–water partition coefficient (Wildman–Crippen LogP) is 2.90. The topological polar surface area (TPSA) is 76.6 Å². The van der Waals surface area contributed by atoms with E-state index in [1.807, 2.05) is 60.5 Å². The first-order chi connectivity index (χ1) is 13.2. The lowest BCUT2D eigenvalue weighted by Gasteiger charge is -2.17. The van der Waals surface area contributed by atoms with Crippen LogP contribution in [0.25, 0.3) is 0 Å². The highest BCUT2D eigenvalue weighted by atomic mass is 16.7. The Labute approximate surface area is 156 Å². The Bertz CT molecular complexity index is 945. The number of benzene rings is 2. The van der Waals surface area contributed by atoms with Crippen molar-refractivity contribution in [2.24, 2.45) is 0 Å². The second-order valence-corrected chi connectivity index (χ2v) is 6.02. The molecule has 1 N–H and O–H groups in total. The number of carbonyl (C=O) groups excluding carboxylic acids is 1. The molecule has 27 heavy (non-hydrogen) atoms. The summed E-state index contributed by atoms with van der Waals surface area (Å²) in [5.41, 5.74) is 2.17.